The van der Waals surface area contributed by atoms with Crippen LogP contribution in [0.5, 0.6) is 0 Å². The van der Waals surface area contributed by atoms with E-state index in [0.717, 1.165) is 15.7 Å². The summed E-state index contributed by atoms with van der Waals surface area (Å²) in [4.78, 5) is 0.328. The van der Waals surface area contributed by atoms with E-state index in [4.69, 9.17) is 0 Å². The van der Waals surface area contributed by atoms with Crippen molar-refractivity contribution in [3.63, 3.8) is 0 Å². The molecule has 0 aliphatic rings. The Morgan fingerprint density at radius 1 is 1.15 bits per heavy atom. The van der Waals surface area contributed by atoms with Crippen LogP contribution in [0.3, 0.4) is 0 Å². The lowest BCUT2D eigenvalue weighted by Crippen LogP contribution is -2.02. The van der Waals surface area contributed by atoms with Gasteiger partial charge < -0.3 is 5.32 Å². The minimum Gasteiger partial charge on any atom is -0.381 e. The number of rotatable bonds is 4. The van der Waals surface area contributed by atoms with E-state index in [-0.39, 0.29) is 0 Å². The Balaban J connectivity index is 2.13. The van der Waals surface area contributed by atoms with Crippen molar-refractivity contribution in [2.75, 3.05) is 11.6 Å². The summed E-state index contributed by atoms with van der Waals surface area (Å²) in [5.74, 6) is 0. The van der Waals surface area contributed by atoms with E-state index in [9.17, 15) is 8.42 Å². The van der Waals surface area contributed by atoms with E-state index in [2.05, 4.69) is 27.3 Å². The van der Waals surface area contributed by atoms with Gasteiger partial charge in [-0.15, -0.1) is 0 Å². The van der Waals surface area contributed by atoms with Crippen LogP contribution in [0.25, 0.3) is 0 Å². The average Bonchev–Trinajstić information content (AvgIpc) is 2.39. The van der Waals surface area contributed by atoms with Gasteiger partial charge in [0.15, 0.2) is 9.84 Å². The minimum absolute atomic E-state index is 0.328. The van der Waals surface area contributed by atoms with Crippen LogP contribution in [0.15, 0.2) is 51.8 Å². The summed E-state index contributed by atoms with van der Waals surface area (Å²) in [6.45, 7) is 2.69. The van der Waals surface area contributed by atoms with Crippen LogP contribution >= 0.6 is 15.9 Å². The summed E-state index contributed by atoms with van der Waals surface area (Å²) >= 11 is 3.47. The standard InChI is InChI=1S/C15H16BrNO2S/c1-11-8-12(6-7-15(11)16)10-17-13-4-3-5-14(9-13)20(2,18)19/h3-9,17H,10H2,1-2H3. The van der Waals surface area contributed by atoms with Gasteiger partial charge in [-0.2, -0.15) is 0 Å². The molecule has 0 saturated carbocycles. The fraction of sp³-hybridized carbons (Fsp3) is 0.200. The summed E-state index contributed by atoms with van der Waals surface area (Å²) in [6, 6.07) is 13.0. The molecule has 1 N–H and O–H groups in total. The Bertz CT molecular complexity index is 726. The van der Waals surface area contributed by atoms with Gasteiger partial charge in [-0.05, 0) is 42.3 Å². The zero-order chi connectivity index (χ0) is 14.8. The van der Waals surface area contributed by atoms with Crippen LogP contribution in [0.4, 0.5) is 5.69 Å². The Labute approximate surface area is 128 Å². The van der Waals surface area contributed by atoms with E-state index >= 15 is 0 Å². The van der Waals surface area contributed by atoms with Crippen LogP contribution in [0.1, 0.15) is 11.1 Å². The van der Waals surface area contributed by atoms with Gasteiger partial charge in [0.05, 0.1) is 4.90 Å². The third-order valence-corrected chi connectivity index (χ3v) is 4.98. The van der Waals surface area contributed by atoms with E-state index in [1.54, 1.807) is 18.2 Å². The molecule has 2 aromatic carbocycles. The van der Waals surface area contributed by atoms with Gasteiger partial charge in [0.2, 0.25) is 0 Å². The molecule has 0 aliphatic heterocycles. The number of sulfone groups is 1. The van der Waals surface area contributed by atoms with Crippen molar-refractivity contribution in [2.45, 2.75) is 18.4 Å². The molecule has 0 radical (unpaired) electrons. The second-order valence-corrected chi connectivity index (χ2v) is 7.61. The van der Waals surface area contributed by atoms with Crippen LogP contribution in [-0.4, -0.2) is 14.7 Å². The van der Waals surface area contributed by atoms with Crippen LogP contribution in [-0.2, 0) is 16.4 Å². The van der Waals surface area contributed by atoms with Gasteiger partial charge in [-0.25, -0.2) is 8.42 Å². The molecule has 0 saturated heterocycles. The molecule has 0 atom stereocenters. The first kappa shape index (κ1) is 15.1. The van der Waals surface area contributed by atoms with E-state index in [1.165, 1.54) is 11.8 Å². The SMILES string of the molecule is Cc1cc(CNc2cccc(S(C)(=O)=O)c2)ccc1Br. The summed E-state index contributed by atoms with van der Waals surface area (Å²) in [5.41, 5.74) is 3.12. The molecule has 0 aromatic heterocycles. The molecule has 0 unspecified atom stereocenters. The minimum atomic E-state index is -3.17. The third kappa shape index (κ3) is 3.84. The lowest BCUT2D eigenvalue weighted by Gasteiger charge is -2.09. The Morgan fingerprint density at radius 2 is 1.90 bits per heavy atom. The van der Waals surface area contributed by atoms with E-state index in [0.29, 0.717) is 11.4 Å². The highest BCUT2D eigenvalue weighted by Gasteiger charge is 2.07. The number of hydrogen-bond donors (Lipinski definition) is 1. The van der Waals surface area contributed by atoms with Gasteiger partial charge in [0, 0.05) is 23.0 Å². The summed E-state index contributed by atoms with van der Waals surface area (Å²) in [5, 5.41) is 3.24. The maximum atomic E-state index is 11.5. The summed E-state index contributed by atoms with van der Waals surface area (Å²) in [7, 11) is -3.17. The Morgan fingerprint density at radius 3 is 2.55 bits per heavy atom. The molecule has 5 heteroatoms. The molecule has 0 spiro atoms. The van der Waals surface area contributed by atoms with Crippen molar-refractivity contribution >= 4 is 31.5 Å². The first-order chi connectivity index (χ1) is 9.36. The van der Waals surface area contributed by atoms with Gasteiger partial charge in [0.1, 0.15) is 0 Å². The number of benzene rings is 2. The monoisotopic (exact) mass is 353 g/mol. The van der Waals surface area contributed by atoms with E-state index < -0.39 is 9.84 Å². The predicted octanol–water partition coefficient (Wildman–Crippen LogP) is 3.77. The average molecular weight is 354 g/mol. The summed E-state index contributed by atoms with van der Waals surface area (Å²) in [6.07, 6.45) is 1.21. The molecular formula is C15H16BrNO2S. The number of hydrogen-bond acceptors (Lipinski definition) is 3. The molecule has 0 aliphatic carbocycles. The van der Waals surface area contributed by atoms with Gasteiger partial charge in [-0.3, -0.25) is 0 Å². The fourth-order valence-corrected chi connectivity index (χ4v) is 2.77. The van der Waals surface area contributed by atoms with Crippen molar-refractivity contribution < 1.29 is 8.42 Å². The van der Waals surface area contributed by atoms with Crippen molar-refractivity contribution in [3.8, 4) is 0 Å². The smallest absolute Gasteiger partial charge is 0.175 e. The number of aryl methyl sites for hydroxylation is 1. The largest absolute Gasteiger partial charge is 0.381 e. The lowest BCUT2D eigenvalue weighted by molar-refractivity contribution is 0.602. The number of halogens is 1. The Kier molecular flexibility index (Phi) is 4.50. The summed E-state index contributed by atoms with van der Waals surface area (Å²) < 4.78 is 24.1. The first-order valence-electron chi connectivity index (χ1n) is 6.15. The number of anilines is 1. The number of nitrogens with one attached hydrogen (secondary N) is 1. The zero-order valence-electron chi connectivity index (χ0n) is 11.4. The second-order valence-electron chi connectivity index (χ2n) is 4.74. The topological polar surface area (TPSA) is 46.2 Å². The maximum absolute atomic E-state index is 11.5. The van der Waals surface area contributed by atoms with Crippen molar-refractivity contribution in [3.05, 3.63) is 58.1 Å². The van der Waals surface area contributed by atoms with Crippen LogP contribution < -0.4 is 5.32 Å². The maximum Gasteiger partial charge on any atom is 0.175 e. The van der Waals surface area contributed by atoms with E-state index in [1.807, 2.05) is 25.1 Å². The van der Waals surface area contributed by atoms with Crippen molar-refractivity contribution in [1.82, 2.24) is 0 Å². The lowest BCUT2D eigenvalue weighted by atomic mass is 10.1. The van der Waals surface area contributed by atoms with Crippen molar-refractivity contribution in [2.24, 2.45) is 0 Å². The molecular weight excluding hydrogens is 338 g/mol. The Hall–Kier alpha value is -1.33. The third-order valence-electron chi connectivity index (χ3n) is 2.98. The molecule has 20 heavy (non-hydrogen) atoms. The quantitative estimate of drug-likeness (QED) is 0.909. The molecule has 106 valence electrons. The highest BCUT2D eigenvalue weighted by Crippen LogP contribution is 2.19. The molecule has 0 fully saturated rings. The van der Waals surface area contributed by atoms with Crippen LogP contribution in [0, 0.1) is 6.92 Å². The fourth-order valence-electron chi connectivity index (χ4n) is 1.86. The highest BCUT2D eigenvalue weighted by atomic mass is 79.9. The van der Waals surface area contributed by atoms with Gasteiger partial charge in [0.25, 0.3) is 0 Å². The molecule has 3 nitrogen and oxygen atoms in total. The molecule has 2 aromatic rings. The predicted molar refractivity (Wildman–Crippen MR) is 85.8 cm³/mol. The molecule has 2 rings (SSSR count). The van der Waals surface area contributed by atoms with Gasteiger partial charge in [-0.1, -0.05) is 34.1 Å². The molecule has 0 bridgehead atoms. The zero-order valence-corrected chi connectivity index (χ0v) is 13.8. The second kappa shape index (κ2) is 5.97. The molecule has 0 amide bonds. The van der Waals surface area contributed by atoms with Crippen molar-refractivity contribution in [1.29, 1.82) is 0 Å². The molecule has 0 heterocycles. The normalized spacial score (nSPS) is 11.3. The van der Waals surface area contributed by atoms with Crippen LogP contribution in [0.2, 0.25) is 0 Å². The highest BCUT2D eigenvalue weighted by molar-refractivity contribution is 9.10. The van der Waals surface area contributed by atoms with Gasteiger partial charge >= 0.3 is 0 Å². The first-order valence-corrected chi connectivity index (χ1v) is 8.84.